The third-order valence-electron chi connectivity index (χ3n) is 5.23. The average Bonchev–Trinajstić information content (AvgIpc) is 2.77. The van der Waals surface area contributed by atoms with E-state index in [9.17, 15) is 14.4 Å². The first-order valence-corrected chi connectivity index (χ1v) is 10.2. The Balaban J connectivity index is 1.88. The molecule has 2 aromatic carbocycles. The van der Waals surface area contributed by atoms with Crippen molar-refractivity contribution in [3.8, 4) is 5.69 Å². The quantitative estimate of drug-likeness (QED) is 0.639. The predicted molar refractivity (Wildman–Crippen MR) is 116 cm³/mol. The molecule has 1 amide bonds. The van der Waals surface area contributed by atoms with Crippen LogP contribution in [-0.4, -0.2) is 51.5 Å². The third kappa shape index (κ3) is 4.34. The first kappa shape index (κ1) is 20.7. The van der Waals surface area contributed by atoms with Gasteiger partial charge in [0.2, 0.25) is 5.69 Å². The summed E-state index contributed by atoms with van der Waals surface area (Å²) >= 11 is 0. The molecule has 0 radical (unpaired) electrons. The number of benzene rings is 2. The molecule has 1 aliphatic heterocycles. The minimum absolute atomic E-state index is 0.0527. The van der Waals surface area contributed by atoms with E-state index in [1.54, 1.807) is 18.2 Å². The van der Waals surface area contributed by atoms with Gasteiger partial charge in [-0.3, -0.25) is 14.2 Å². The molecule has 1 fully saturated rings. The SMILES string of the molecule is Cc1cccc(Cn2c(=O)c(C(=O)N3CCOCC3)nn(-c3cccc(C)c3)c2=O)c1. The molecule has 0 N–H and O–H groups in total. The molecule has 0 saturated carbocycles. The number of aromatic nitrogens is 3. The van der Waals surface area contributed by atoms with Crippen molar-refractivity contribution in [3.05, 3.63) is 91.8 Å². The number of aryl methyl sites for hydroxylation is 2. The zero-order valence-electron chi connectivity index (χ0n) is 17.6. The summed E-state index contributed by atoms with van der Waals surface area (Å²) in [6.45, 7) is 5.45. The summed E-state index contributed by atoms with van der Waals surface area (Å²) in [5.41, 5.74) is 1.70. The van der Waals surface area contributed by atoms with Gasteiger partial charge < -0.3 is 9.64 Å². The molecule has 0 atom stereocenters. The number of morpholine rings is 1. The second-order valence-corrected chi connectivity index (χ2v) is 7.67. The van der Waals surface area contributed by atoms with E-state index in [-0.39, 0.29) is 12.2 Å². The van der Waals surface area contributed by atoms with Crippen molar-refractivity contribution in [3.63, 3.8) is 0 Å². The standard InChI is InChI=1S/C23H24N4O4/c1-16-5-3-7-18(13-16)15-26-22(29)20(21(28)25-9-11-31-12-10-25)24-27(23(26)30)19-8-4-6-17(2)14-19/h3-8,13-14H,9-12,15H2,1-2H3. The number of hydrogen-bond acceptors (Lipinski definition) is 5. The van der Waals surface area contributed by atoms with Crippen molar-refractivity contribution in [2.45, 2.75) is 20.4 Å². The lowest BCUT2D eigenvalue weighted by Gasteiger charge is -2.26. The summed E-state index contributed by atoms with van der Waals surface area (Å²) in [6, 6.07) is 14.8. The molecule has 3 aromatic rings. The maximum atomic E-state index is 13.3. The second-order valence-electron chi connectivity index (χ2n) is 7.67. The lowest BCUT2D eigenvalue weighted by Crippen LogP contribution is -2.48. The number of nitrogens with zero attached hydrogens (tertiary/aromatic N) is 4. The number of amides is 1. The van der Waals surface area contributed by atoms with Crippen LogP contribution in [-0.2, 0) is 11.3 Å². The highest BCUT2D eigenvalue weighted by molar-refractivity contribution is 5.91. The number of carbonyl (C=O) groups excluding carboxylic acids is 1. The van der Waals surface area contributed by atoms with E-state index in [0.29, 0.717) is 32.0 Å². The van der Waals surface area contributed by atoms with Crippen LogP contribution in [0, 0.1) is 13.8 Å². The van der Waals surface area contributed by atoms with Gasteiger partial charge >= 0.3 is 5.69 Å². The van der Waals surface area contributed by atoms with Crippen LogP contribution in [0.25, 0.3) is 5.69 Å². The van der Waals surface area contributed by atoms with Crippen molar-refractivity contribution in [1.82, 2.24) is 19.2 Å². The van der Waals surface area contributed by atoms with Crippen LogP contribution in [0.4, 0.5) is 0 Å². The zero-order valence-corrected chi connectivity index (χ0v) is 17.6. The summed E-state index contributed by atoms with van der Waals surface area (Å²) in [7, 11) is 0. The van der Waals surface area contributed by atoms with Crippen molar-refractivity contribution in [1.29, 1.82) is 0 Å². The van der Waals surface area contributed by atoms with Gasteiger partial charge in [-0.05, 0) is 37.1 Å². The molecule has 0 unspecified atom stereocenters. The minimum Gasteiger partial charge on any atom is -0.378 e. The van der Waals surface area contributed by atoms with Crippen LogP contribution < -0.4 is 11.2 Å². The Morgan fingerprint density at radius 2 is 1.68 bits per heavy atom. The first-order chi connectivity index (χ1) is 14.9. The van der Waals surface area contributed by atoms with Gasteiger partial charge in [-0.2, -0.15) is 9.78 Å². The number of hydrogen-bond donors (Lipinski definition) is 0. The van der Waals surface area contributed by atoms with Crippen LogP contribution in [0.5, 0.6) is 0 Å². The summed E-state index contributed by atoms with van der Waals surface area (Å²) < 4.78 is 7.52. The molecule has 1 aromatic heterocycles. The molecule has 8 nitrogen and oxygen atoms in total. The van der Waals surface area contributed by atoms with Gasteiger partial charge in [0, 0.05) is 13.1 Å². The van der Waals surface area contributed by atoms with Crippen LogP contribution in [0.15, 0.2) is 58.1 Å². The minimum atomic E-state index is -0.688. The van der Waals surface area contributed by atoms with Gasteiger partial charge in [0.25, 0.3) is 11.5 Å². The Hall–Kier alpha value is -3.52. The average molecular weight is 420 g/mol. The molecule has 8 heteroatoms. The molecule has 0 aliphatic carbocycles. The molecular weight excluding hydrogens is 396 g/mol. The normalized spacial score (nSPS) is 13.9. The first-order valence-electron chi connectivity index (χ1n) is 10.2. The lowest BCUT2D eigenvalue weighted by atomic mass is 10.1. The monoisotopic (exact) mass is 420 g/mol. The van der Waals surface area contributed by atoms with E-state index < -0.39 is 17.2 Å². The predicted octanol–water partition coefficient (Wildman–Crippen LogP) is 1.53. The fraction of sp³-hybridized carbons (Fsp3) is 0.304. The van der Waals surface area contributed by atoms with Crippen LogP contribution in [0.1, 0.15) is 27.2 Å². The Kier molecular flexibility index (Phi) is 5.81. The van der Waals surface area contributed by atoms with E-state index in [1.165, 1.54) is 4.90 Å². The third-order valence-corrected chi connectivity index (χ3v) is 5.23. The molecule has 31 heavy (non-hydrogen) atoms. The molecule has 0 spiro atoms. The summed E-state index contributed by atoms with van der Waals surface area (Å²) in [6.07, 6.45) is 0. The van der Waals surface area contributed by atoms with E-state index in [4.69, 9.17) is 4.74 Å². The Morgan fingerprint density at radius 3 is 2.35 bits per heavy atom. The van der Waals surface area contributed by atoms with Gasteiger partial charge in [0.15, 0.2) is 0 Å². The molecular formula is C23H24N4O4. The lowest BCUT2D eigenvalue weighted by molar-refractivity contribution is 0.0295. The van der Waals surface area contributed by atoms with Crippen LogP contribution >= 0.6 is 0 Å². The molecule has 1 saturated heterocycles. The van der Waals surface area contributed by atoms with Gasteiger partial charge in [0.1, 0.15) is 0 Å². The van der Waals surface area contributed by atoms with Crippen molar-refractivity contribution >= 4 is 5.91 Å². The van der Waals surface area contributed by atoms with Crippen LogP contribution in [0.2, 0.25) is 0 Å². The zero-order chi connectivity index (χ0) is 22.0. The maximum absolute atomic E-state index is 13.3. The van der Waals surface area contributed by atoms with E-state index in [1.807, 2.05) is 44.2 Å². The number of ether oxygens (including phenoxy) is 1. The van der Waals surface area contributed by atoms with Crippen LogP contribution in [0.3, 0.4) is 0 Å². The fourth-order valence-electron chi connectivity index (χ4n) is 3.63. The highest BCUT2D eigenvalue weighted by atomic mass is 16.5. The Labute approximate surface area is 179 Å². The molecule has 4 rings (SSSR count). The molecule has 160 valence electrons. The van der Waals surface area contributed by atoms with E-state index in [0.717, 1.165) is 25.9 Å². The maximum Gasteiger partial charge on any atom is 0.352 e. The van der Waals surface area contributed by atoms with E-state index in [2.05, 4.69) is 5.10 Å². The van der Waals surface area contributed by atoms with Crippen molar-refractivity contribution < 1.29 is 9.53 Å². The van der Waals surface area contributed by atoms with Crippen molar-refractivity contribution in [2.24, 2.45) is 0 Å². The highest BCUT2D eigenvalue weighted by Crippen LogP contribution is 2.09. The Bertz CT molecular complexity index is 1240. The van der Waals surface area contributed by atoms with Gasteiger partial charge in [-0.15, -0.1) is 0 Å². The van der Waals surface area contributed by atoms with Gasteiger partial charge in [0.05, 0.1) is 25.4 Å². The molecule has 1 aliphatic rings. The topological polar surface area (TPSA) is 86.4 Å². The largest absolute Gasteiger partial charge is 0.378 e. The molecule has 0 bridgehead atoms. The summed E-state index contributed by atoms with van der Waals surface area (Å²) in [5.74, 6) is -0.493. The van der Waals surface area contributed by atoms with Gasteiger partial charge in [-0.1, -0.05) is 42.0 Å². The Morgan fingerprint density at radius 1 is 1.00 bits per heavy atom. The highest BCUT2D eigenvalue weighted by Gasteiger charge is 2.26. The van der Waals surface area contributed by atoms with Crippen molar-refractivity contribution in [2.75, 3.05) is 26.3 Å². The number of rotatable bonds is 4. The van der Waals surface area contributed by atoms with Gasteiger partial charge in [-0.25, -0.2) is 4.79 Å². The second kappa shape index (κ2) is 8.69. The van der Waals surface area contributed by atoms with E-state index >= 15 is 0 Å². The molecule has 2 heterocycles. The number of carbonyl (C=O) groups is 1. The summed E-state index contributed by atoms with van der Waals surface area (Å²) in [5, 5.41) is 4.22. The fourth-order valence-corrected chi connectivity index (χ4v) is 3.63. The smallest absolute Gasteiger partial charge is 0.352 e. The summed E-state index contributed by atoms with van der Waals surface area (Å²) in [4.78, 5) is 41.1.